The summed E-state index contributed by atoms with van der Waals surface area (Å²) in [5, 5.41) is 6.65. The average Bonchev–Trinajstić information content (AvgIpc) is 2.69. The van der Waals surface area contributed by atoms with Gasteiger partial charge in [0.1, 0.15) is 11.6 Å². The summed E-state index contributed by atoms with van der Waals surface area (Å²) < 4.78 is 5.44. The summed E-state index contributed by atoms with van der Waals surface area (Å²) >= 11 is 0. The van der Waals surface area contributed by atoms with E-state index in [0.717, 1.165) is 41.7 Å². The molecule has 0 spiro atoms. The number of anilines is 4. The van der Waals surface area contributed by atoms with Gasteiger partial charge in [-0.3, -0.25) is 0 Å². The third-order valence-corrected chi connectivity index (χ3v) is 4.41. The lowest BCUT2D eigenvalue weighted by Crippen LogP contribution is -2.25. The third kappa shape index (κ3) is 5.13. The van der Waals surface area contributed by atoms with Gasteiger partial charge in [0.25, 0.3) is 0 Å². The second-order valence-electron chi connectivity index (χ2n) is 6.73. The monoisotopic (exact) mass is 377 g/mol. The van der Waals surface area contributed by atoms with Crippen molar-refractivity contribution in [2.45, 2.75) is 13.8 Å². The number of benzene rings is 2. The van der Waals surface area contributed by atoms with Gasteiger partial charge in [-0.15, -0.1) is 0 Å². The molecule has 0 aliphatic heterocycles. The third-order valence-electron chi connectivity index (χ3n) is 4.41. The normalized spacial score (nSPS) is 10.4. The van der Waals surface area contributed by atoms with Crippen LogP contribution in [0.1, 0.15) is 11.3 Å². The van der Waals surface area contributed by atoms with Crippen LogP contribution in [0.5, 0.6) is 5.75 Å². The molecule has 2 N–H and O–H groups in total. The van der Waals surface area contributed by atoms with Crippen LogP contribution in [-0.4, -0.2) is 37.2 Å². The largest absolute Gasteiger partial charge is 0.495 e. The number of hydrogen-bond acceptors (Lipinski definition) is 6. The van der Waals surface area contributed by atoms with Crippen LogP contribution in [-0.2, 0) is 0 Å². The number of nitrogens with zero attached hydrogens (tertiary/aromatic N) is 3. The molecule has 0 saturated heterocycles. The predicted octanol–water partition coefficient (Wildman–Crippen LogP) is 4.39. The summed E-state index contributed by atoms with van der Waals surface area (Å²) in [4.78, 5) is 11.2. The molecule has 0 unspecified atom stereocenters. The van der Waals surface area contributed by atoms with Crippen molar-refractivity contribution >= 4 is 23.1 Å². The SMILES string of the molecule is COc1ccccc1N(C)CCNc1cc(C)nc(Nc2ccc(C)cc2)n1. The lowest BCUT2D eigenvalue weighted by Gasteiger charge is -2.22. The number of aryl methyl sites for hydroxylation is 2. The maximum atomic E-state index is 5.44. The molecule has 6 nitrogen and oxygen atoms in total. The quantitative estimate of drug-likeness (QED) is 0.607. The van der Waals surface area contributed by atoms with E-state index in [1.807, 2.05) is 43.3 Å². The van der Waals surface area contributed by atoms with Gasteiger partial charge < -0.3 is 20.3 Å². The van der Waals surface area contributed by atoms with Crippen molar-refractivity contribution in [1.82, 2.24) is 9.97 Å². The van der Waals surface area contributed by atoms with Gasteiger partial charge in [-0.2, -0.15) is 4.98 Å². The van der Waals surface area contributed by atoms with Crippen molar-refractivity contribution in [1.29, 1.82) is 0 Å². The van der Waals surface area contributed by atoms with Crippen LogP contribution in [0.2, 0.25) is 0 Å². The van der Waals surface area contributed by atoms with E-state index in [0.29, 0.717) is 5.95 Å². The Kier molecular flexibility index (Phi) is 6.32. The molecule has 1 heterocycles. The molecule has 0 amide bonds. The van der Waals surface area contributed by atoms with E-state index in [2.05, 4.69) is 57.7 Å². The number of likely N-dealkylation sites (N-methyl/N-ethyl adjacent to an activating group) is 1. The highest BCUT2D eigenvalue weighted by atomic mass is 16.5. The zero-order valence-electron chi connectivity index (χ0n) is 16.9. The van der Waals surface area contributed by atoms with Crippen molar-refractivity contribution in [2.75, 3.05) is 42.8 Å². The van der Waals surface area contributed by atoms with Gasteiger partial charge in [0.2, 0.25) is 5.95 Å². The number of nitrogens with one attached hydrogen (secondary N) is 2. The minimum atomic E-state index is 0.587. The average molecular weight is 377 g/mol. The Morgan fingerprint density at radius 1 is 1.00 bits per heavy atom. The van der Waals surface area contributed by atoms with E-state index in [1.54, 1.807) is 7.11 Å². The van der Waals surface area contributed by atoms with Crippen LogP contribution >= 0.6 is 0 Å². The fourth-order valence-corrected chi connectivity index (χ4v) is 2.90. The first-order valence-electron chi connectivity index (χ1n) is 9.32. The molecular weight excluding hydrogens is 350 g/mol. The summed E-state index contributed by atoms with van der Waals surface area (Å²) in [7, 11) is 3.74. The first-order valence-corrected chi connectivity index (χ1v) is 9.32. The molecule has 0 fully saturated rings. The van der Waals surface area contributed by atoms with Crippen molar-refractivity contribution in [3.05, 3.63) is 65.9 Å². The van der Waals surface area contributed by atoms with Gasteiger partial charge in [0.05, 0.1) is 12.8 Å². The molecule has 2 aromatic carbocycles. The minimum absolute atomic E-state index is 0.587. The summed E-state index contributed by atoms with van der Waals surface area (Å²) in [5.41, 5.74) is 4.16. The number of methoxy groups -OCH3 is 1. The van der Waals surface area contributed by atoms with Crippen LogP contribution in [0.4, 0.5) is 23.1 Å². The Morgan fingerprint density at radius 2 is 1.75 bits per heavy atom. The summed E-state index contributed by atoms with van der Waals surface area (Å²) in [6.45, 7) is 5.59. The van der Waals surface area contributed by atoms with E-state index in [1.165, 1.54) is 5.56 Å². The molecule has 0 atom stereocenters. The lowest BCUT2D eigenvalue weighted by atomic mass is 10.2. The highest BCUT2D eigenvalue weighted by Gasteiger charge is 2.08. The summed E-state index contributed by atoms with van der Waals surface area (Å²) in [5.74, 6) is 2.26. The minimum Gasteiger partial charge on any atom is -0.495 e. The van der Waals surface area contributed by atoms with Crippen LogP contribution in [0.3, 0.4) is 0 Å². The maximum absolute atomic E-state index is 5.44. The molecular formula is C22H27N5O. The Hall–Kier alpha value is -3.28. The zero-order valence-corrected chi connectivity index (χ0v) is 16.9. The predicted molar refractivity (Wildman–Crippen MR) is 116 cm³/mol. The molecule has 146 valence electrons. The number of hydrogen-bond donors (Lipinski definition) is 2. The van der Waals surface area contributed by atoms with Crippen LogP contribution in [0, 0.1) is 13.8 Å². The van der Waals surface area contributed by atoms with Crippen LogP contribution < -0.4 is 20.3 Å². The van der Waals surface area contributed by atoms with E-state index < -0.39 is 0 Å². The molecule has 3 aromatic rings. The Labute approximate surface area is 166 Å². The van der Waals surface area contributed by atoms with Gasteiger partial charge in [-0.05, 0) is 38.1 Å². The maximum Gasteiger partial charge on any atom is 0.229 e. The molecule has 0 radical (unpaired) electrons. The topological polar surface area (TPSA) is 62.3 Å². The number of rotatable bonds is 8. The van der Waals surface area contributed by atoms with Crippen LogP contribution in [0.25, 0.3) is 0 Å². The standard InChI is InChI=1S/C22H27N5O/c1-16-9-11-18(12-10-16)25-22-24-17(2)15-21(26-22)23-13-14-27(3)19-7-5-6-8-20(19)28-4/h5-12,15H,13-14H2,1-4H3,(H2,23,24,25,26). The van der Waals surface area contributed by atoms with Gasteiger partial charge in [0.15, 0.2) is 0 Å². The van der Waals surface area contributed by atoms with Crippen LogP contribution in [0.15, 0.2) is 54.6 Å². The summed E-state index contributed by atoms with van der Waals surface area (Å²) in [6.07, 6.45) is 0. The fourth-order valence-electron chi connectivity index (χ4n) is 2.90. The van der Waals surface area contributed by atoms with E-state index in [9.17, 15) is 0 Å². The van der Waals surface area contributed by atoms with Crippen molar-refractivity contribution < 1.29 is 4.74 Å². The molecule has 28 heavy (non-hydrogen) atoms. The number of para-hydroxylation sites is 2. The van der Waals surface area contributed by atoms with E-state index in [-0.39, 0.29) is 0 Å². The van der Waals surface area contributed by atoms with Gasteiger partial charge in [-0.25, -0.2) is 4.98 Å². The lowest BCUT2D eigenvalue weighted by molar-refractivity contribution is 0.415. The van der Waals surface area contributed by atoms with E-state index >= 15 is 0 Å². The Balaban J connectivity index is 1.61. The highest BCUT2D eigenvalue weighted by molar-refractivity contribution is 5.58. The Bertz CT molecular complexity index is 911. The molecule has 1 aromatic heterocycles. The first kappa shape index (κ1) is 19.5. The molecule has 0 bridgehead atoms. The smallest absolute Gasteiger partial charge is 0.229 e. The van der Waals surface area contributed by atoms with Gasteiger partial charge in [-0.1, -0.05) is 29.8 Å². The second-order valence-corrected chi connectivity index (χ2v) is 6.73. The first-order chi connectivity index (χ1) is 13.5. The molecule has 0 aliphatic carbocycles. The van der Waals surface area contributed by atoms with Crippen molar-refractivity contribution in [2.24, 2.45) is 0 Å². The summed E-state index contributed by atoms with van der Waals surface area (Å²) in [6, 6.07) is 18.1. The number of ether oxygens (including phenoxy) is 1. The second kappa shape index (κ2) is 9.08. The highest BCUT2D eigenvalue weighted by Crippen LogP contribution is 2.26. The fraction of sp³-hybridized carbons (Fsp3) is 0.273. The van der Waals surface area contributed by atoms with Gasteiger partial charge >= 0.3 is 0 Å². The Morgan fingerprint density at radius 3 is 2.50 bits per heavy atom. The van der Waals surface area contributed by atoms with Crippen molar-refractivity contribution in [3.8, 4) is 5.75 Å². The van der Waals surface area contributed by atoms with Crippen molar-refractivity contribution in [3.63, 3.8) is 0 Å². The molecule has 0 saturated carbocycles. The zero-order chi connectivity index (χ0) is 19.9. The number of aromatic nitrogens is 2. The van der Waals surface area contributed by atoms with Gasteiger partial charge in [0, 0.05) is 37.6 Å². The molecule has 6 heteroatoms. The van der Waals surface area contributed by atoms with E-state index in [4.69, 9.17) is 4.74 Å². The molecule has 0 aliphatic rings. The molecule has 3 rings (SSSR count).